The molecule has 31 heavy (non-hydrogen) atoms. The van der Waals surface area contributed by atoms with Crippen molar-refractivity contribution in [3.63, 3.8) is 0 Å². The Morgan fingerprint density at radius 3 is 2.68 bits per heavy atom. The highest BCUT2D eigenvalue weighted by Crippen LogP contribution is 2.20. The maximum absolute atomic E-state index is 10.7. The van der Waals surface area contributed by atoms with E-state index in [-0.39, 0.29) is 30.1 Å². The quantitative estimate of drug-likeness (QED) is 0.269. The first-order chi connectivity index (χ1) is 14.4. The second-order valence-electron chi connectivity index (χ2n) is 8.15. The van der Waals surface area contributed by atoms with Crippen LogP contribution in [0, 0.1) is 6.92 Å². The van der Waals surface area contributed by atoms with Gasteiger partial charge < -0.3 is 25.0 Å². The van der Waals surface area contributed by atoms with Crippen molar-refractivity contribution in [3.8, 4) is 5.75 Å². The van der Waals surface area contributed by atoms with E-state index in [1.807, 2.05) is 56.7 Å². The van der Waals surface area contributed by atoms with Crippen molar-refractivity contribution in [2.24, 2.45) is 12.0 Å². The summed E-state index contributed by atoms with van der Waals surface area (Å²) in [6.07, 6.45) is 4.17. The molecule has 1 fully saturated rings. The molecule has 1 aliphatic carbocycles. The molecule has 3 N–H and O–H groups in total. The standard InChI is InChI=1S/C22H34N6O2.HI/c1-15(2)30-19-11-7-8-17(12-19)20(29)13-23-22(25-18-9-5-6-10-18)24-14-21-27-26-16(3)28(21)4;/h7-8,11-12,15,18,20,29H,5-6,9-10,13-14H2,1-4H3,(H2,23,24,25);1H. The van der Waals surface area contributed by atoms with Crippen LogP contribution in [-0.2, 0) is 13.6 Å². The van der Waals surface area contributed by atoms with Gasteiger partial charge in [-0.2, -0.15) is 0 Å². The van der Waals surface area contributed by atoms with Crippen LogP contribution in [-0.4, -0.2) is 44.5 Å². The lowest BCUT2D eigenvalue weighted by Gasteiger charge is -2.20. The highest BCUT2D eigenvalue weighted by molar-refractivity contribution is 14.0. The monoisotopic (exact) mass is 542 g/mol. The van der Waals surface area contributed by atoms with Crippen LogP contribution in [0.1, 0.15) is 62.8 Å². The summed E-state index contributed by atoms with van der Waals surface area (Å²) in [4.78, 5) is 4.69. The number of aliphatic hydroxyl groups is 1. The Morgan fingerprint density at radius 2 is 2.03 bits per heavy atom. The Labute approximate surface area is 201 Å². The predicted molar refractivity (Wildman–Crippen MR) is 133 cm³/mol. The molecule has 1 atom stereocenters. The third kappa shape index (κ3) is 7.64. The van der Waals surface area contributed by atoms with Gasteiger partial charge in [0.15, 0.2) is 11.8 Å². The van der Waals surface area contributed by atoms with Crippen LogP contribution in [0.3, 0.4) is 0 Å². The van der Waals surface area contributed by atoms with Gasteiger partial charge in [-0.15, -0.1) is 34.2 Å². The summed E-state index contributed by atoms with van der Waals surface area (Å²) in [5.41, 5.74) is 0.810. The lowest BCUT2D eigenvalue weighted by atomic mass is 10.1. The van der Waals surface area contributed by atoms with Crippen LogP contribution in [0.15, 0.2) is 29.3 Å². The first kappa shape index (κ1) is 25.4. The largest absolute Gasteiger partial charge is 0.491 e. The smallest absolute Gasteiger partial charge is 0.192 e. The predicted octanol–water partition coefficient (Wildman–Crippen LogP) is 3.24. The molecule has 1 unspecified atom stereocenters. The van der Waals surface area contributed by atoms with Crippen LogP contribution < -0.4 is 15.4 Å². The Hall–Kier alpha value is -1.88. The molecule has 0 amide bonds. The lowest BCUT2D eigenvalue weighted by molar-refractivity contribution is 0.179. The number of ether oxygens (including phenoxy) is 1. The van der Waals surface area contributed by atoms with E-state index >= 15 is 0 Å². The summed E-state index contributed by atoms with van der Waals surface area (Å²) in [6.45, 7) is 6.67. The highest BCUT2D eigenvalue weighted by atomic mass is 127. The summed E-state index contributed by atoms with van der Waals surface area (Å²) < 4.78 is 7.67. The SMILES string of the molecule is Cc1nnc(CN=C(NCC(O)c2cccc(OC(C)C)c2)NC2CCCC2)n1C.I. The number of aryl methyl sites for hydroxylation is 1. The fraction of sp³-hybridized carbons (Fsp3) is 0.591. The minimum absolute atomic E-state index is 0. The third-order valence-corrected chi connectivity index (χ3v) is 5.33. The van der Waals surface area contributed by atoms with E-state index in [9.17, 15) is 5.11 Å². The minimum Gasteiger partial charge on any atom is -0.491 e. The number of rotatable bonds is 8. The number of aromatic nitrogens is 3. The molecule has 0 aliphatic heterocycles. The average molecular weight is 542 g/mol. The van der Waals surface area contributed by atoms with E-state index in [1.165, 1.54) is 12.8 Å². The van der Waals surface area contributed by atoms with E-state index in [0.717, 1.165) is 35.8 Å². The maximum Gasteiger partial charge on any atom is 0.192 e. The summed E-state index contributed by atoms with van der Waals surface area (Å²) in [5, 5.41) is 25.8. The molecule has 1 saturated carbocycles. The van der Waals surface area contributed by atoms with Gasteiger partial charge in [-0.3, -0.25) is 0 Å². The van der Waals surface area contributed by atoms with Crippen molar-refractivity contribution < 1.29 is 9.84 Å². The van der Waals surface area contributed by atoms with E-state index in [0.29, 0.717) is 25.1 Å². The number of guanidine groups is 1. The summed E-state index contributed by atoms with van der Waals surface area (Å²) in [7, 11) is 1.94. The van der Waals surface area contributed by atoms with Crippen LogP contribution in [0.2, 0.25) is 0 Å². The van der Waals surface area contributed by atoms with Gasteiger partial charge in [-0.05, 0) is 51.3 Å². The fourth-order valence-corrected chi connectivity index (χ4v) is 3.53. The molecule has 0 bridgehead atoms. The first-order valence-corrected chi connectivity index (χ1v) is 10.8. The number of hydrogen-bond donors (Lipinski definition) is 3. The zero-order chi connectivity index (χ0) is 21.5. The summed E-state index contributed by atoms with van der Waals surface area (Å²) in [5.74, 6) is 3.12. The van der Waals surface area contributed by atoms with Crippen LogP contribution in [0.5, 0.6) is 5.75 Å². The summed E-state index contributed by atoms with van der Waals surface area (Å²) >= 11 is 0. The molecule has 0 radical (unpaired) electrons. The van der Waals surface area contributed by atoms with Gasteiger partial charge in [-0.1, -0.05) is 25.0 Å². The molecule has 3 rings (SSSR count). The Balaban J connectivity index is 0.00000341. The molecule has 9 heteroatoms. The zero-order valence-corrected chi connectivity index (χ0v) is 21.2. The molecule has 1 aliphatic rings. The van der Waals surface area contributed by atoms with Gasteiger partial charge in [-0.25, -0.2) is 4.99 Å². The molecule has 1 heterocycles. The maximum atomic E-state index is 10.7. The van der Waals surface area contributed by atoms with Crippen molar-refractivity contribution in [2.75, 3.05) is 6.54 Å². The molecule has 0 spiro atoms. The number of nitrogens with one attached hydrogen (secondary N) is 2. The molecule has 0 saturated heterocycles. The Kier molecular flexibility index (Phi) is 10.0. The number of aliphatic hydroxyl groups excluding tert-OH is 1. The van der Waals surface area contributed by atoms with Crippen molar-refractivity contribution in [1.82, 2.24) is 25.4 Å². The van der Waals surface area contributed by atoms with E-state index < -0.39 is 6.10 Å². The number of nitrogens with zero attached hydrogens (tertiary/aromatic N) is 4. The number of halogens is 1. The fourth-order valence-electron chi connectivity index (χ4n) is 3.53. The Bertz CT molecular complexity index is 848. The lowest BCUT2D eigenvalue weighted by Crippen LogP contribution is -2.43. The molecule has 2 aromatic rings. The van der Waals surface area contributed by atoms with Gasteiger partial charge in [0.2, 0.25) is 0 Å². The first-order valence-electron chi connectivity index (χ1n) is 10.8. The number of benzene rings is 1. The topological polar surface area (TPSA) is 96.6 Å². The molecule has 8 nitrogen and oxygen atoms in total. The van der Waals surface area contributed by atoms with Gasteiger partial charge >= 0.3 is 0 Å². The molecular weight excluding hydrogens is 507 g/mol. The second-order valence-corrected chi connectivity index (χ2v) is 8.15. The van der Waals surface area contributed by atoms with Crippen LogP contribution in [0.4, 0.5) is 0 Å². The second kappa shape index (κ2) is 12.2. The average Bonchev–Trinajstić information content (AvgIpc) is 3.34. The van der Waals surface area contributed by atoms with E-state index in [2.05, 4.69) is 25.8 Å². The zero-order valence-electron chi connectivity index (χ0n) is 18.8. The van der Waals surface area contributed by atoms with Crippen LogP contribution in [0.25, 0.3) is 0 Å². The normalized spacial score (nSPS) is 15.6. The minimum atomic E-state index is -0.673. The molecular formula is C22H35IN6O2. The highest BCUT2D eigenvalue weighted by Gasteiger charge is 2.17. The van der Waals surface area contributed by atoms with Crippen molar-refractivity contribution in [1.29, 1.82) is 0 Å². The number of hydrogen-bond acceptors (Lipinski definition) is 5. The Morgan fingerprint density at radius 1 is 1.29 bits per heavy atom. The van der Waals surface area contributed by atoms with Gasteiger partial charge in [0.1, 0.15) is 18.1 Å². The van der Waals surface area contributed by atoms with Gasteiger partial charge in [0, 0.05) is 19.6 Å². The third-order valence-electron chi connectivity index (χ3n) is 5.33. The number of aliphatic imine (C=N–C) groups is 1. The van der Waals surface area contributed by atoms with E-state index in [1.54, 1.807) is 0 Å². The van der Waals surface area contributed by atoms with Gasteiger partial charge in [0.05, 0.1) is 12.2 Å². The van der Waals surface area contributed by atoms with E-state index in [4.69, 9.17) is 4.74 Å². The molecule has 172 valence electrons. The van der Waals surface area contributed by atoms with Crippen molar-refractivity contribution in [3.05, 3.63) is 41.5 Å². The van der Waals surface area contributed by atoms with Crippen molar-refractivity contribution >= 4 is 29.9 Å². The van der Waals surface area contributed by atoms with Crippen LogP contribution >= 0.6 is 24.0 Å². The van der Waals surface area contributed by atoms with Crippen molar-refractivity contribution in [2.45, 2.75) is 71.2 Å². The molecule has 1 aromatic carbocycles. The summed E-state index contributed by atoms with van der Waals surface area (Å²) in [6, 6.07) is 8.01. The molecule has 1 aromatic heterocycles. The van der Waals surface area contributed by atoms with Gasteiger partial charge in [0.25, 0.3) is 0 Å².